The molecule has 6 nitrogen and oxygen atoms in total. The number of benzene rings is 2. The molecule has 0 saturated carbocycles. The molecule has 1 N–H and O–H groups in total. The number of anilines is 1. The Morgan fingerprint density at radius 3 is 2.62 bits per heavy atom. The van der Waals surface area contributed by atoms with Gasteiger partial charge in [0.1, 0.15) is 10.0 Å². The molecule has 2 aromatic carbocycles. The van der Waals surface area contributed by atoms with Crippen LogP contribution in [0.3, 0.4) is 0 Å². The van der Waals surface area contributed by atoms with Gasteiger partial charge >= 0.3 is 0 Å². The van der Waals surface area contributed by atoms with E-state index in [1.165, 1.54) is 11.3 Å². The van der Waals surface area contributed by atoms with Crippen LogP contribution in [-0.2, 0) is 17.8 Å². The Kier molecular flexibility index (Phi) is 5.21. The van der Waals surface area contributed by atoms with Crippen molar-refractivity contribution < 1.29 is 9.59 Å². The minimum atomic E-state index is -0.237. The molecule has 0 spiro atoms. The van der Waals surface area contributed by atoms with Gasteiger partial charge in [-0.2, -0.15) is 5.26 Å². The summed E-state index contributed by atoms with van der Waals surface area (Å²) in [6.07, 6.45) is 0.726. The maximum Gasteiger partial charge on any atom is 0.256 e. The van der Waals surface area contributed by atoms with Crippen molar-refractivity contribution in [1.82, 2.24) is 9.88 Å². The topological polar surface area (TPSA) is 86.1 Å². The normalized spacial score (nSPS) is 12.9. The highest BCUT2D eigenvalue weighted by Gasteiger charge is 2.28. The van der Waals surface area contributed by atoms with Gasteiger partial charge in [-0.15, -0.1) is 22.7 Å². The third-order valence-electron chi connectivity index (χ3n) is 5.51. The van der Waals surface area contributed by atoms with Gasteiger partial charge in [0.25, 0.3) is 5.91 Å². The van der Waals surface area contributed by atoms with Crippen LogP contribution in [0.4, 0.5) is 5.00 Å². The molecule has 4 aromatic rings. The van der Waals surface area contributed by atoms with Gasteiger partial charge in [0.15, 0.2) is 0 Å². The standard InChI is InChI=1S/C24H18N4O2S2/c1-14(29)28-11-10-17-20(13-28)32-24(27-22(30)16-8-6-15(12-25)7-9-16)21(17)23-26-18-4-2-3-5-19(18)31-23/h2-9H,10-11,13H2,1H3,(H,27,30). The fraction of sp³-hybridized carbons (Fsp3) is 0.167. The summed E-state index contributed by atoms with van der Waals surface area (Å²) in [6, 6.07) is 16.6. The number of hydrogen-bond acceptors (Lipinski definition) is 6. The molecular weight excluding hydrogens is 440 g/mol. The van der Waals surface area contributed by atoms with Crippen LogP contribution in [0.25, 0.3) is 20.8 Å². The van der Waals surface area contributed by atoms with E-state index in [0.29, 0.717) is 24.2 Å². The number of para-hydroxylation sites is 1. The maximum atomic E-state index is 13.0. The number of aromatic nitrogens is 1. The van der Waals surface area contributed by atoms with Gasteiger partial charge in [-0.1, -0.05) is 12.1 Å². The average molecular weight is 459 g/mol. The van der Waals surface area contributed by atoms with Gasteiger partial charge in [-0.25, -0.2) is 4.98 Å². The lowest BCUT2D eigenvalue weighted by atomic mass is 10.0. The zero-order chi connectivity index (χ0) is 22.2. The summed E-state index contributed by atoms with van der Waals surface area (Å²) in [5, 5.41) is 13.7. The van der Waals surface area contributed by atoms with E-state index in [4.69, 9.17) is 10.2 Å². The highest BCUT2D eigenvalue weighted by atomic mass is 32.1. The second kappa shape index (κ2) is 8.19. The second-order valence-corrected chi connectivity index (χ2v) is 9.66. The summed E-state index contributed by atoms with van der Waals surface area (Å²) < 4.78 is 1.09. The lowest BCUT2D eigenvalue weighted by Crippen LogP contribution is -2.33. The van der Waals surface area contributed by atoms with Crippen molar-refractivity contribution in [1.29, 1.82) is 5.26 Å². The first kappa shape index (κ1) is 20.4. The van der Waals surface area contributed by atoms with Crippen LogP contribution in [0.1, 0.15) is 33.3 Å². The van der Waals surface area contributed by atoms with Crippen molar-refractivity contribution >= 4 is 49.7 Å². The Morgan fingerprint density at radius 2 is 1.91 bits per heavy atom. The molecule has 0 unspecified atom stereocenters. The number of thiazole rings is 1. The number of rotatable bonds is 3. The molecule has 1 aliphatic heterocycles. The third-order valence-corrected chi connectivity index (χ3v) is 7.70. The van der Waals surface area contributed by atoms with Crippen molar-refractivity contribution in [2.24, 2.45) is 0 Å². The Hall–Kier alpha value is -3.54. The second-order valence-electron chi connectivity index (χ2n) is 7.53. The molecule has 32 heavy (non-hydrogen) atoms. The number of carbonyl (C=O) groups excluding carboxylic acids is 2. The predicted octanol–water partition coefficient (Wildman–Crippen LogP) is 5.05. The Balaban J connectivity index is 1.57. The summed E-state index contributed by atoms with van der Waals surface area (Å²) in [4.78, 5) is 32.7. The van der Waals surface area contributed by atoms with Gasteiger partial charge in [-0.3, -0.25) is 9.59 Å². The Morgan fingerprint density at radius 1 is 1.12 bits per heavy atom. The van der Waals surface area contributed by atoms with E-state index in [9.17, 15) is 9.59 Å². The number of hydrogen-bond donors (Lipinski definition) is 1. The SMILES string of the molecule is CC(=O)N1CCc2c(sc(NC(=O)c3ccc(C#N)cc3)c2-c2nc3ccccc3s2)C1. The molecule has 0 fully saturated rings. The zero-order valence-electron chi connectivity index (χ0n) is 17.2. The summed E-state index contributed by atoms with van der Waals surface area (Å²) in [7, 11) is 0. The highest BCUT2D eigenvalue weighted by molar-refractivity contribution is 7.23. The average Bonchev–Trinajstić information content (AvgIpc) is 3.38. The molecule has 8 heteroatoms. The van der Waals surface area contributed by atoms with Crippen LogP contribution in [0.15, 0.2) is 48.5 Å². The molecule has 0 radical (unpaired) electrons. The predicted molar refractivity (Wildman–Crippen MR) is 127 cm³/mol. The van der Waals surface area contributed by atoms with Crippen LogP contribution in [0, 0.1) is 11.3 Å². The molecule has 5 rings (SSSR count). The summed E-state index contributed by atoms with van der Waals surface area (Å²) >= 11 is 3.11. The van der Waals surface area contributed by atoms with Gasteiger partial charge in [0.2, 0.25) is 5.91 Å². The first-order chi connectivity index (χ1) is 15.5. The minimum absolute atomic E-state index is 0.0498. The van der Waals surface area contributed by atoms with Crippen LogP contribution in [0.2, 0.25) is 0 Å². The third kappa shape index (κ3) is 3.66. The van der Waals surface area contributed by atoms with Crippen molar-refractivity contribution in [3.8, 4) is 16.6 Å². The lowest BCUT2D eigenvalue weighted by Gasteiger charge is -2.26. The zero-order valence-corrected chi connectivity index (χ0v) is 18.8. The fourth-order valence-electron chi connectivity index (χ4n) is 3.84. The molecule has 0 bridgehead atoms. The summed E-state index contributed by atoms with van der Waals surface area (Å²) in [5.41, 5.74) is 4.03. The smallest absolute Gasteiger partial charge is 0.256 e. The maximum absolute atomic E-state index is 13.0. The van der Waals surface area contributed by atoms with Crippen molar-refractivity contribution in [3.05, 3.63) is 70.1 Å². The first-order valence-electron chi connectivity index (χ1n) is 10.1. The van der Waals surface area contributed by atoms with Gasteiger partial charge in [0.05, 0.1) is 28.4 Å². The number of carbonyl (C=O) groups is 2. The molecule has 158 valence electrons. The highest BCUT2D eigenvalue weighted by Crippen LogP contribution is 2.45. The molecule has 2 aromatic heterocycles. The molecular formula is C24H18N4O2S2. The van der Waals surface area contributed by atoms with Gasteiger partial charge in [-0.05, 0) is 48.4 Å². The minimum Gasteiger partial charge on any atom is -0.337 e. The van der Waals surface area contributed by atoms with E-state index >= 15 is 0 Å². The molecule has 0 atom stereocenters. The monoisotopic (exact) mass is 458 g/mol. The molecule has 2 amide bonds. The Labute approximate surface area is 192 Å². The molecule has 3 heterocycles. The number of fused-ring (bicyclic) bond motifs is 2. The fourth-order valence-corrected chi connectivity index (χ4v) is 6.21. The number of nitriles is 1. The Bertz CT molecular complexity index is 1360. The van der Waals surface area contributed by atoms with Crippen molar-refractivity contribution in [2.75, 3.05) is 11.9 Å². The van der Waals surface area contributed by atoms with E-state index < -0.39 is 0 Å². The molecule has 0 aliphatic carbocycles. The van der Waals surface area contributed by atoms with Crippen LogP contribution in [-0.4, -0.2) is 28.2 Å². The van der Waals surface area contributed by atoms with Crippen molar-refractivity contribution in [3.63, 3.8) is 0 Å². The first-order valence-corrected chi connectivity index (χ1v) is 11.7. The molecule has 1 aliphatic rings. The summed E-state index contributed by atoms with van der Waals surface area (Å²) in [6.45, 7) is 2.78. The summed E-state index contributed by atoms with van der Waals surface area (Å²) in [5.74, 6) is -0.187. The quantitative estimate of drug-likeness (QED) is 0.465. The van der Waals surface area contributed by atoms with Gasteiger partial charge < -0.3 is 10.2 Å². The number of nitrogens with one attached hydrogen (secondary N) is 1. The largest absolute Gasteiger partial charge is 0.337 e. The number of thiophene rings is 1. The lowest BCUT2D eigenvalue weighted by molar-refractivity contribution is -0.129. The van der Waals surface area contributed by atoms with Crippen LogP contribution in [0.5, 0.6) is 0 Å². The van der Waals surface area contributed by atoms with Gasteiger partial charge in [0, 0.05) is 29.5 Å². The van der Waals surface area contributed by atoms with Crippen LogP contribution < -0.4 is 5.32 Å². The molecule has 0 saturated heterocycles. The van der Waals surface area contributed by atoms with E-state index in [1.54, 1.807) is 42.5 Å². The van der Waals surface area contributed by atoms with E-state index in [-0.39, 0.29) is 11.8 Å². The van der Waals surface area contributed by atoms with E-state index in [2.05, 4.69) is 11.4 Å². The van der Waals surface area contributed by atoms with E-state index in [0.717, 1.165) is 42.7 Å². The van der Waals surface area contributed by atoms with Crippen molar-refractivity contribution in [2.45, 2.75) is 19.9 Å². The number of nitrogens with zero attached hydrogens (tertiary/aromatic N) is 3. The van der Waals surface area contributed by atoms with Crippen LogP contribution >= 0.6 is 22.7 Å². The van der Waals surface area contributed by atoms with E-state index in [1.807, 2.05) is 29.2 Å². The number of amides is 2.